The van der Waals surface area contributed by atoms with E-state index in [0.29, 0.717) is 5.56 Å². The Hall–Kier alpha value is -2.10. The van der Waals surface area contributed by atoms with E-state index in [9.17, 15) is 9.59 Å². The van der Waals surface area contributed by atoms with Gasteiger partial charge in [0.2, 0.25) is 5.91 Å². The highest BCUT2D eigenvalue weighted by Crippen LogP contribution is 2.28. The van der Waals surface area contributed by atoms with Crippen LogP contribution in [0.3, 0.4) is 0 Å². The highest BCUT2D eigenvalue weighted by molar-refractivity contribution is 6.10. The average molecular weight is 314 g/mol. The van der Waals surface area contributed by atoms with Crippen molar-refractivity contribution in [2.24, 2.45) is 5.41 Å². The fourth-order valence-corrected chi connectivity index (χ4v) is 2.58. The van der Waals surface area contributed by atoms with Gasteiger partial charge < -0.3 is 9.88 Å². The molecule has 4 heteroatoms. The minimum atomic E-state index is -0.456. The van der Waals surface area contributed by atoms with E-state index in [1.54, 1.807) is 6.20 Å². The third-order valence-corrected chi connectivity index (χ3v) is 3.54. The number of Topliss-reactive ketones (excluding diaryl/α,β-unsaturated/α-hetero) is 1. The Kier molecular flexibility index (Phi) is 4.38. The lowest BCUT2D eigenvalue weighted by molar-refractivity contribution is -0.123. The van der Waals surface area contributed by atoms with Gasteiger partial charge in [-0.15, -0.1) is 0 Å². The maximum absolute atomic E-state index is 12.7. The molecule has 0 aliphatic heterocycles. The first kappa shape index (κ1) is 17.3. The lowest BCUT2D eigenvalue weighted by Crippen LogP contribution is -2.42. The van der Waals surface area contributed by atoms with Gasteiger partial charge >= 0.3 is 0 Å². The molecule has 0 aliphatic rings. The number of para-hydroxylation sites is 1. The molecule has 0 saturated carbocycles. The van der Waals surface area contributed by atoms with Gasteiger partial charge in [-0.1, -0.05) is 39.0 Å². The molecule has 1 amide bonds. The van der Waals surface area contributed by atoms with Crippen LogP contribution in [-0.4, -0.2) is 21.8 Å². The molecule has 0 unspecified atom stereocenters. The summed E-state index contributed by atoms with van der Waals surface area (Å²) in [4.78, 5) is 24.9. The second-order valence-electron chi connectivity index (χ2n) is 8.07. The molecule has 0 radical (unpaired) electrons. The minimum absolute atomic E-state index is 0.0620. The molecule has 1 aromatic heterocycles. The van der Waals surface area contributed by atoms with E-state index in [1.165, 1.54) is 0 Å². The zero-order valence-electron chi connectivity index (χ0n) is 14.9. The summed E-state index contributed by atoms with van der Waals surface area (Å²) in [6.07, 6.45) is 1.81. The van der Waals surface area contributed by atoms with Crippen molar-refractivity contribution in [2.45, 2.75) is 53.6 Å². The Labute approximate surface area is 137 Å². The van der Waals surface area contributed by atoms with Crippen LogP contribution in [0, 0.1) is 5.41 Å². The first-order valence-corrected chi connectivity index (χ1v) is 7.93. The summed E-state index contributed by atoms with van der Waals surface area (Å²) in [5.41, 5.74) is 0.855. The van der Waals surface area contributed by atoms with Crippen LogP contribution in [0.15, 0.2) is 30.5 Å². The molecular formula is C19H26N2O2. The van der Waals surface area contributed by atoms with Crippen molar-refractivity contribution in [3.05, 3.63) is 36.0 Å². The Morgan fingerprint density at radius 2 is 1.65 bits per heavy atom. The summed E-state index contributed by atoms with van der Waals surface area (Å²) in [6, 6.07) is 7.72. The van der Waals surface area contributed by atoms with Gasteiger partial charge in [0.15, 0.2) is 5.78 Å². The van der Waals surface area contributed by atoms with Crippen molar-refractivity contribution < 1.29 is 9.59 Å². The minimum Gasteiger partial charge on any atom is -0.350 e. The van der Waals surface area contributed by atoms with Gasteiger partial charge in [-0.25, -0.2) is 0 Å². The molecule has 1 N–H and O–H groups in total. The molecule has 1 aromatic carbocycles. The number of ketones is 1. The van der Waals surface area contributed by atoms with E-state index in [0.717, 1.165) is 10.9 Å². The van der Waals surface area contributed by atoms with Gasteiger partial charge in [-0.2, -0.15) is 0 Å². The number of fused-ring (bicyclic) bond motifs is 1. The molecule has 0 aliphatic carbocycles. The first-order chi connectivity index (χ1) is 10.5. The van der Waals surface area contributed by atoms with Crippen LogP contribution >= 0.6 is 0 Å². The van der Waals surface area contributed by atoms with Gasteiger partial charge in [0.1, 0.15) is 6.54 Å². The maximum Gasteiger partial charge on any atom is 0.240 e. The van der Waals surface area contributed by atoms with E-state index in [4.69, 9.17) is 0 Å². The average Bonchev–Trinajstić information content (AvgIpc) is 2.73. The summed E-state index contributed by atoms with van der Waals surface area (Å²) >= 11 is 0. The lowest BCUT2D eigenvalue weighted by atomic mass is 9.86. The normalized spacial score (nSPS) is 12.4. The number of carbonyl (C=O) groups is 2. The number of aromatic nitrogens is 1. The second-order valence-corrected chi connectivity index (χ2v) is 8.07. The molecule has 23 heavy (non-hydrogen) atoms. The monoisotopic (exact) mass is 314 g/mol. The second kappa shape index (κ2) is 5.84. The molecule has 0 saturated heterocycles. The summed E-state index contributed by atoms with van der Waals surface area (Å²) in [5.74, 6) is 0.0247. The van der Waals surface area contributed by atoms with Crippen molar-refractivity contribution in [3.8, 4) is 0 Å². The van der Waals surface area contributed by atoms with E-state index in [-0.39, 0.29) is 23.8 Å². The smallest absolute Gasteiger partial charge is 0.240 e. The molecule has 0 bridgehead atoms. The van der Waals surface area contributed by atoms with Crippen LogP contribution in [0.5, 0.6) is 0 Å². The predicted octanol–water partition coefficient (Wildman–Crippen LogP) is 3.78. The fourth-order valence-electron chi connectivity index (χ4n) is 2.58. The van der Waals surface area contributed by atoms with Crippen molar-refractivity contribution in [3.63, 3.8) is 0 Å². The van der Waals surface area contributed by atoms with Gasteiger partial charge in [0, 0.05) is 33.6 Å². The molecule has 124 valence electrons. The summed E-state index contributed by atoms with van der Waals surface area (Å²) in [7, 11) is 0. The number of amides is 1. The van der Waals surface area contributed by atoms with Crippen molar-refractivity contribution in [1.29, 1.82) is 0 Å². The van der Waals surface area contributed by atoms with E-state index < -0.39 is 5.41 Å². The summed E-state index contributed by atoms with van der Waals surface area (Å²) < 4.78 is 1.86. The van der Waals surface area contributed by atoms with Crippen molar-refractivity contribution in [2.75, 3.05) is 0 Å². The standard InChI is InChI=1S/C19H26N2O2/c1-18(2,3)17(23)14-11-21(12-16(22)20-19(4,5)6)15-10-8-7-9-13(14)15/h7-11H,12H2,1-6H3,(H,20,22). The van der Waals surface area contributed by atoms with E-state index >= 15 is 0 Å². The Balaban J connectivity index is 2.42. The number of benzene rings is 1. The topological polar surface area (TPSA) is 51.1 Å². The number of nitrogens with one attached hydrogen (secondary N) is 1. The molecule has 2 rings (SSSR count). The number of nitrogens with zero attached hydrogens (tertiary/aromatic N) is 1. The zero-order valence-corrected chi connectivity index (χ0v) is 14.9. The van der Waals surface area contributed by atoms with Gasteiger partial charge in [-0.3, -0.25) is 9.59 Å². The Morgan fingerprint density at radius 1 is 1.04 bits per heavy atom. The largest absolute Gasteiger partial charge is 0.350 e. The first-order valence-electron chi connectivity index (χ1n) is 7.93. The van der Waals surface area contributed by atoms with Gasteiger partial charge in [-0.05, 0) is 26.8 Å². The maximum atomic E-state index is 12.7. The quantitative estimate of drug-likeness (QED) is 0.876. The van der Waals surface area contributed by atoms with Crippen LogP contribution in [0.1, 0.15) is 51.9 Å². The third kappa shape index (κ3) is 4.01. The molecule has 1 heterocycles. The van der Waals surface area contributed by atoms with Crippen LogP contribution < -0.4 is 5.32 Å². The number of carbonyl (C=O) groups excluding carboxylic acids is 2. The van der Waals surface area contributed by atoms with Crippen LogP contribution in [0.2, 0.25) is 0 Å². The highest BCUT2D eigenvalue weighted by Gasteiger charge is 2.26. The fraction of sp³-hybridized carbons (Fsp3) is 0.474. The third-order valence-electron chi connectivity index (χ3n) is 3.54. The SMILES string of the molecule is CC(C)(C)NC(=O)Cn1cc(C(=O)C(C)(C)C)c2ccccc21. The molecule has 0 atom stereocenters. The van der Waals surface area contributed by atoms with Crippen LogP contribution in [0.25, 0.3) is 10.9 Å². The number of hydrogen-bond donors (Lipinski definition) is 1. The molecule has 2 aromatic rings. The van der Waals surface area contributed by atoms with Crippen LogP contribution in [0.4, 0.5) is 0 Å². The van der Waals surface area contributed by atoms with E-state index in [1.807, 2.05) is 70.4 Å². The van der Waals surface area contributed by atoms with Gasteiger partial charge in [0.05, 0.1) is 0 Å². The van der Waals surface area contributed by atoms with Gasteiger partial charge in [0.25, 0.3) is 0 Å². The predicted molar refractivity (Wildman–Crippen MR) is 93.6 cm³/mol. The Bertz CT molecular complexity index is 743. The van der Waals surface area contributed by atoms with Crippen molar-refractivity contribution >= 4 is 22.6 Å². The van der Waals surface area contributed by atoms with Crippen molar-refractivity contribution in [1.82, 2.24) is 9.88 Å². The molecule has 0 spiro atoms. The summed E-state index contributed by atoms with van der Waals surface area (Å²) in [6.45, 7) is 11.8. The Morgan fingerprint density at radius 3 is 2.22 bits per heavy atom. The lowest BCUT2D eigenvalue weighted by Gasteiger charge is -2.20. The van der Waals surface area contributed by atoms with Crippen LogP contribution in [-0.2, 0) is 11.3 Å². The highest BCUT2D eigenvalue weighted by atomic mass is 16.2. The number of rotatable bonds is 3. The van der Waals surface area contributed by atoms with E-state index in [2.05, 4.69) is 5.32 Å². The number of hydrogen-bond acceptors (Lipinski definition) is 2. The summed E-state index contributed by atoms with van der Waals surface area (Å²) in [5, 5.41) is 3.86. The molecular weight excluding hydrogens is 288 g/mol. The zero-order chi connectivity index (χ0) is 17.4. The molecule has 4 nitrogen and oxygen atoms in total. The molecule has 0 fully saturated rings.